The molecule has 118 valence electrons. The van der Waals surface area contributed by atoms with Gasteiger partial charge in [0.2, 0.25) is 0 Å². The third-order valence-corrected chi connectivity index (χ3v) is 5.97. The number of benzene rings is 1. The fourth-order valence-corrected chi connectivity index (χ4v) is 3.99. The van der Waals surface area contributed by atoms with Crippen molar-refractivity contribution in [1.82, 2.24) is 9.79 Å². The number of amides is 1. The van der Waals surface area contributed by atoms with Crippen molar-refractivity contribution in [2.24, 2.45) is 0 Å². The molecule has 8 heteroatoms. The van der Waals surface area contributed by atoms with E-state index in [2.05, 4.69) is 5.48 Å². The first-order valence-corrected chi connectivity index (χ1v) is 8.76. The van der Waals surface area contributed by atoms with E-state index in [1.165, 1.54) is 13.1 Å². The first-order valence-electron chi connectivity index (χ1n) is 6.44. The quantitative estimate of drug-likeness (QED) is 0.777. The Labute approximate surface area is 133 Å². The molecular formula is C14H16N2O4S2. The maximum absolute atomic E-state index is 12.1. The molecule has 6 nitrogen and oxygen atoms in total. The first-order chi connectivity index (χ1) is 10.5. The summed E-state index contributed by atoms with van der Waals surface area (Å²) < 4.78 is 25.5. The van der Waals surface area contributed by atoms with Gasteiger partial charge in [-0.3, -0.25) is 9.63 Å². The zero-order valence-corrected chi connectivity index (χ0v) is 13.6. The summed E-state index contributed by atoms with van der Waals surface area (Å²) in [5.74, 6) is -0.529. The van der Waals surface area contributed by atoms with E-state index >= 15 is 0 Å². The van der Waals surface area contributed by atoms with Crippen LogP contribution < -0.4 is 5.48 Å². The molecule has 0 atom stereocenters. The molecule has 0 bridgehead atoms. The second-order valence-corrected chi connectivity index (χ2v) is 7.71. The predicted octanol–water partition coefficient (Wildman–Crippen LogP) is 1.62. The lowest BCUT2D eigenvalue weighted by Gasteiger charge is -2.15. The summed E-state index contributed by atoms with van der Waals surface area (Å²) in [6.45, 7) is -0.0943. The molecule has 0 saturated carbocycles. The topological polar surface area (TPSA) is 75.7 Å². The van der Waals surface area contributed by atoms with Crippen molar-refractivity contribution in [3.8, 4) is 0 Å². The van der Waals surface area contributed by atoms with Crippen LogP contribution in [-0.2, 0) is 26.3 Å². The van der Waals surface area contributed by atoms with Gasteiger partial charge in [-0.2, -0.15) is 4.31 Å². The SMILES string of the molecule is CN(CC(=O)NOCc1ccccc1)S(=O)(=O)c1cccs1. The number of hydrogen-bond acceptors (Lipinski definition) is 5. The molecule has 0 saturated heterocycles. The van der Waals surface area contributed by atoms with Crippen LogP contribution in [-0.4, -0.2) is 32.2 Å². The van der Waals surface area contributed by atoms with E-state index in [9.17, 15) is 13.2 Å². The second-order valence-electron chi connectivity index (χ2n) is 4.49. The van der Waals surface area contributed by atoms with E-state index in [-0.39, 0.29) is 17.4 Å². The van der Waals surface area contributed by atoms with Crippen molar-refractivity contribution in [2.45, 2.75) is 10.8 Å². The van der Waals surface area contributed by atoms with Crippen molar-refractivity contribution in [3.05, 3.63) is 53.4 Å². The molecule has 2 rings (SSSR count). The Kier molecular flexibility index (Phi) is 5.67. The average molecular weight is 340 g/mol. The van der Waals surface area contributed by atoms with Crippen molar-refractivity contribution in [3.63, 3.8) is 0 Å². The van der Waals surface area contributed by atoms with Gasteiger partial charge in [0.1, 0.15) is 4.21 Å². The summed E-state index contributed by atoms with van der Waals surface area (Å²) >= 11 is 1.11. The van der Waals surface area contributed by atoms with Gasteiger partial charge >= 0.3 is 0 Å². The number of rotatable bonds is 7. The average Bonchev–Trinajstić information content (AvgIpc) is 3.03. The smallest absolute Gasteiger partial charge is 0.258 e. The van der Waals surface area contributed by atoms with Gasteiger partial charge in [0.05, 0.1) is 13.2 Å². The van der Waals surface area contributed by atoms with Crippen LogP contribution in [0.3, 0.4) is 0 Å². The maximum atomic E-state index is 12.1. The number of hydrogen-bond donors (Lipinski definition) is 1. The highest BCUT2D eigenvalue weighted by Gasteiger charge is 2.23. The fraction of sp³-hybridized carbons (Fsp3) is 0.214. The lowest BCUT2D eigenvalue weighted by molar-refractivity contribution is -0.134. The largest absolute Gasteiger partial charge is 0.271 e. The second kappa shape index (κ2) is 7.50. The number of nitrogens with one attached hydrogen (secondary N) is 1. The van der Waals surface area contributed by atoms with Crippen LogP contribution in [0.1, 0.15) is 5.56 Å². The maximum Gasteiger partial charge on any atom is 0.258 e. The highest BCUT2D eigenvalue weighted by atomic mass is 32.2. The molecule has 0 radical (unpaired) electrons. The zero-order chi connectivity index (χ0) is 16.0. The van der Waals surface area contributed by atoms with Gasteiger partial charge in [0, 0.05) is 7.05 Å². The highest BCUT2D eigenvalue weighted by molar-refractivity contribution is 7.91. The summed E-state index contributed by atoms with van der Waals surface area (Å²) in [7, 11) is -2.28. The van der Waals surface area contributed by atoms with Crippen molar-refractivity contribution >= 4 is 27.3 Å². The molecule has 1 heterocycles. The van der Waals surface area contributed by atoms with Crippen molar-refractivity contribution in [1.29, 1.82) is 0 Å². The highest BCUT2D eigenvalue weighted by Crippen LogP contribution is 2.19. The van der Waals surface area contributed by atoms with E-state index < -0.39 is 15.9 Å². The predicted molar refractivity (Wildman–Crippen MR) is 83.5 cm³/mol. The van der Waals surface area contributed by atoms with Gasteiger partial charge in [-0.05, 0) is 17.0 Å². The van der Waals surface area contributed by atoms with Gasteiger partial charge in [-0.1, -0.05) is 36.4 Å². The molecule has 0 aliphatic heterocycles. The first kappa shape index (κ1) is 16.6. The molecule has 2 aromatic rings. The molecule has 22 heavy (non-hydrogen) atoms. The van der Waals surface area contributed by atoms with E-state index in [1.807, 2.05) is 30.3 Å². The van der Waals surface area contributed by atoms with Gasteiger partial charge in [-0.15, -0.1) is 11.3 Å². The molecule has 0 spiro atoms. The minimum atomic E-state index is -3.63. The molecule has 1 amide bonds. The Morgan fingerprint density at radius 1 is 1.23 bits per heavy atom. The summed E-state index contributed by atoms with van der Waals surface area (Å²) in [6, 6.07) is 12.5. The van der Waals surface area contributed by atoms with Crippen LogP contribution in [0, 0.1) is 0 Å². The molecule has 0 aliphatic rings. The Morgan fingerprint density at radius 2 is 1.95 bits per heavy atom. The molecule has 0 aliphatic carbocycles. The summed E-state index contributed by atoms with van der Waals surface area (Å²) in [6.07, 6.45) is 0. The molecular weight excluding hydrogens is 324 g/mol. The summed E-state index contributed by atoms with van der Waals surface area (Å²) in [5.41, 5.74) is 3.14. The number of nitrogens with zero attached hydrogens (tertiary/aromatic N) is 1. The van der Waals surface area contributed by atoms with Crippen LogP contribution in [0.2, 0.25) is 0 Å². The molecule has 0 fully saturated rings. The van der Waals surface area contributed by atoms with Gasteiger partial charge < -0.3 is 0 Å². The van der Waals surface area contributed by atoms with Crippen LogP contribution in [0.25, 0.3) is 0 Å². The fourth-order valence-electron chi connectivity index (χ4n) is 1.66. The van der Waals surface area contributed by atoms with Crippen molar-refractivity contribution < 1.29 is 18.0 Å². The Bertz CT molecular complexity index is 700. The van der Waals surface area contributed by atoms with Gasteiger partial charge in [-0.25, -0.2) is 13.9 Å². The van der Waals surface area contributed by atoms with Crippen LogP contribution >= 0.6 is 11.3 Å². The lowest BCUT2D eigenvalue weighted by atomic mass is 10.2. The lowest BCUT2D eigenvalue weighted by Crippen LogP contribution is -2.38. The number of carbonyl (C=O) groups excluding carboxylic acids is 1. The molecule has 1 aromatic carbocycles. The van der Waals surface area contributed by atoms with Crippen LogP contribution in [0.5, 0.6) is 0 Å². The van der Waals surface area contributed by atoms with E-state index in [1.54, 1.807) is 11.4 Å². The zero-order valence-electron chi connectivity index (χ0n) is 11.9. The third-order valence-electron chi connectivity index (χ3n) is 2.79. The minimum absolute atomic E-state index is 0.202. The van der Waals surface area contributed by atoms with Gasteiger partial charge in [0.25, 0.3) is 15.9 Å². The number of carbonyl (C=O) groups is 1. The number of likely N-dealkylation sites (N-methyl/N-ethyl adjacent to an activating group) is 1. The van der Waals surface area contributed by atoms with E-state index in [0.29, 0.717) is 0 Å². The monoisotopic (exact) mass is 340 g/mol. The van der Waals surface area contributed by atoms with E-state index in [0.717, 1.165) is 21.2 Å². The number of sulfonamides is 1. The van der Waals surface area contributed by atoms with Crippen molar-refractivity contribution in [2.75, 3.05) is 13.6 Å². The Hall–Kier alpha value is -1.74. The molecule has 1 aromatic heterocycles. The van der Waals surface area contributed by atoms with Gasteiger partial charge in [0.15, 0.2) is 0 Å². The Morgan fingerprint density at radius 3 is 2.59 bits per heavy atom. The van der Waals surface area contributed by atoms with E-state index in [4.69, 9.17) is 4.84 Å². The summed E-state index contributed by atoms with van der Waals surface area (Å²) in [5, 5.41) is 1.67. The van der Waals surface area contributed by atoms with Crippen LogP contribution in [0.15, 0.2) is 52.1 Å². The number of hydroxylamine groups is 1. The standard InChI is InChI=1S/C14H16N2O4S2/c1-16(22(18,19)14-8-5-9-21-14)10-13(17)15-20-11-12-6-3-2-4-7-12/h2-9H,10-11H2,1H3,(H,15,17). The Balaban J connectivity index is 1.82. The minimum Gasteiger partial charge on any atom is -0.271 e. The van der Waals surface area contributed by atoms with Crippen LogP contribution in [0.4, 0.5) is 0 Å². The number of thiophene rings is 1. The molecule has 0 unspecified atom stereocenters. The summed E-state index contributed by atoms with van der Waals surface area (Å²) in [4.78, 5) is 16.8. The molecule has 1 N–H and O–H groups in total. The normalized spacial score (nSPS) is 11.5. The third kappa shape index (κ3) is 4.38.